The summed E-state index contributed by atoms with van der Waals surface area (Å²) in [6.45, 7) is -0.207. The molecule has 0 aliphatic heterocycles. The van der Waals surface area contributed by atoms with Crippen molar-refractivity contribution in [1.82, 2.24) is 0 Å². The van der Waals surface area contributed by atoms with Crippen LogP contribution in [0.15, 0.2) is 42.5 Å². The molecule has 110 valence electrons. The minimum Gasteiger partial charge on any atom is -0.485 e. The van der Waals surface area contributed by atoms with Gasteiger partial charge >= 0.3 is 6.18 Å². The van der Waals surface area contributed by atoms with Gasteiger partial charge < -0.3 is 4.74 Å². The lowest BCUT2D eigenvalue weighted by molar-refractivity contribution is -0.139. The van der Waals surface area contributed by atoms with Crippen molar-refractivity contribution in [3.05, 3.63) is 65.0 Å². The Labute approximate surface area is 118 Å². The van der Waals surface area contributed by atoms with Crippen LogP contribution in [0.25, 0.3) is 0 Å². The van der Waals surface area contributed by atoms with Crippen molar-refractivity contribution in [2.24, 2.45) is 0 Å². The number of halogens is 4. The Hall–Kier alpha value is -2.37. The number of aldehydes is 1. The van der Waals surface area contributed by atoms with E-state index in [1.54, 1.807) is 30.3 Å². The smallest absolute Gasteiger partial charge is 0.420 e. The molecule has 2 rings (SSSR count). The van der Waals surface area contributed by atoms with Crippen LogP contribution in [0.1, 0.15) is 21.5 Å². The standard InChI is InChI=1S/C15H10F4O2/c16-13-7-11(8-20)6-12(15(17,18)19)14(13)21-9-10-4-2-1-3-5-10/h1-8H,9H2. The van der Waals surface area contributed by atoms with Crippen molar-refractivity contribution in [3.63, 3.8) is 0 Å². The number of carbonyl (C=O) groups excluding carboxylic acids is 1. The Morgan fingerprint density at radius 3 is 2.33 bits per heavy atom. The largest absolute Gasteiger partial charge is 0.485 e. The number of hydrogen-bond donors (Lipinski definition) is 0. The topological polar surface area (TPSA) is 26.3 Å². The SMILES string of the molecule is O=Cc1cc(F)c(OCc2ccccc2)c(C(F)(F)F)c1. The van der Waals surface area contributed by atoms with Crippen LogP contribution in [0.3, 0.4) is 0 Å². The van der Waals surface area contributed by atoms with Crippen molar-refractivity contribution in [2.75, 3.05) is 0 Å². The summed E-state index contributed by atoms with van der Waals surface area (Å²) in [5, 5.41) is 0. The Bertz CT molecular complexity index is 636. The van der Waals surface area contributed by atoms with Crippen molar-refractivity contribution in [1.29, 1.82) is 0 Å². The van der Waals surface area contributed by atoms with E-state index in [0.29, 0.717) is 17.7 Å². The molecule has 21 heavy (non-hydrogen) atoms. The Balaban J connectivity index is 2.35. The number of hydrogen-bond acceptors (Lipinski definition) is 2. The zero-order chi connectivity index (χ0) is 15.5. The highest BCUT2D eigenvalue weighted by molar-refractivity contribution is 5.76. The molecule has 0 radical (unpaired) electrons. The summed E-state index contributed by atoms with van der Waals surface area (Å²) in [7, 11) is 0. The van der Waals surface area contributed by atoms with E-state index < -0.39 is 28.9 Å². The van der Waals surface area contributed by atoms with Crippen molar-refractivity contribution >= 4 is 6.29 Å². The Kier molecular flexibility index (Phi) is 4.26. The zero-order valence-electron chi connectivity index (χ0n) is 10.7. The van der Waals surface area contributed by atoms with Crippen LogP contribution in [0.2, 0.25) is 0 Å². The highest BCUT2D eigenvalue weighted by Gasteiger charge is 2.36. The quantitative estimate of drug-likeness (QED) is 0.623. The van der Waals surface area contributed by atoms with Crippen LogP contribution in [-0.4, -0.2) is 6.29 Å². The van der Waals surface area contributed by atoms with Gasteiger partial charge in [-0.2, -0.15) is 13.2 Å². The van der Waals surface area contributed by atoms with Gasteiger partial charge in [-0.05, 0) is 17.7 Å². The first kappa shape index (κ1) is 15.0. The second-order valence-corrected chi connectivity index (χ2v) is 4.27. The summed E-state index contributed by atoms with van der Waals surface area (Å²) in [6.07, 6.45) is -4.66. The molecule has 0 atom stereocenters. The number of benzene rings is 2. The summed E-state index contributed by atoms with van der Waals surface area (Å²) in [5.74, 6) is -2.13. The van der Waals surface area contributed by atoms with Gasteiger partial charge in [-0.1, -0.05) is 30.3 Å². The summed E-state index contributed by atoms with van der Waals surface area (Å²) in [5.41, 5.74) is -1.10. The molecule has 2 nitrogen and oxygen atoms in total. The molecule has 2 aromatic rings. The van der Waals surface area contributed by atoms with E-state index in [-0.39, 0.29) is 12.9 Å². The fourth-order valence-corrected chi connectivity index (χ4v) is 1.77. The maximum absolute atomic E-state index is 13.7. The van der Waals surface area contributed by atoms with Gasteiger partial charge in [0.2, 0.25) is 0 Å². The number of ether oxygens (including phenoxy) is 1. The van der Waals surface area contributed by atoms with Crippen molar-refractivity contribution in [2.45, 2.75) is 12.8 Å². The molecule has 0 bridgehead atoms. The van der Waals surface area contributed by atoms with Gasteiger partial charge in [0.25, 0.3) is 0 Å². The lowest BCUT2D eigenvalue weighted by atomic mass is 10.1. The summed E-state index contributed by atoms with van der Waals surface area (Å²) in [4.78, 5) is 10.6. The fourth-order valence-electron chi connectivity index (χ4n) is 1.77. The Morgan fingerprint density at radius 1 is 1.10 bits per heavy atom. The molecule has 0 aliphatic rings. The van der Waals surface area contributed by atoms with Crippen LogP contribution in [0.5, 0.6) is 5.75 Å². The van der Waals surface area contributed by atoms with Crippen LogP contribution in [0.4, 0.5) is 17.6 Å². The van der Waals surface area contributed by atoms with E-state index in [1.165, 1.54) is 0 Å². The summed E-state index contributed by atoms with van der Waals surface area (Å²) >= 11 is 0. The summed E-state index contributed by atoms with van der Waals surface area (Å²) in [6, 6.07) is 9.68. The van der Waals surface area contributed by atoms with Gasteiger partial charge in [0, 0.05) is 5.56 Å². The number of rotatable bonds is 4. The third-order valence-corrected chi connectivity index (χ3v) is 2.73. The van der Waals surface area contributed by atoms with Gasteiger partial charge in [-0.25, -0.2) is 4.39 Å². The maximum atomic E-state index is 13.7. The third kappa shape index (κ3) is 3.59. The molecule has 0 unspecified atom stereocenters. The van der Waals surface area contributed by atoms with E-state index in [0.717, 1.165) is 0 Å². The Morgan fingerprint density at radius 2 is 1.76 bits per heavy atom. The fraction of sp³-hybridized carbons (Fsp3) is 0.133. The normalized spacial score (nSPS) is 11.2. The van der Waals surface area contributed by atoms with Gasteiger partial charge in [-0.15, -0.1) is 0 Å². The van der Waals surface area contributed by atoms with E-state index in [2.05, 4.69) is 0 Å². The van der Waals surface area contributed by atoms with Crippen LogP contribution in [0, 0.1) is 5.82 Å². The van der Waals surface area contributed by atoms with Gasteiger partial charge in [-0.3, -0.25) is 4.79 Å². The minimum absolute atomic E-state index is 0.152. The first-order chi connectivity index (χ1) is 9.91. The third-order valence-electron chi connectivity index (χ3n) is 2.73. The zero-order valence-corrected chi connectivity index (χ0v) is 10.7. The lowest BCUT2D eigenvalue weighted by Crippen LogP contribution is -2.11. The highest BCUT2D eigenvalue weighted by Crippen LogP contribution is 2.38. The first-order valence-corrected chi connectivity index (χ1v) is 5.94. The minimum atomic E-state index is -4.81. The van der Waals surface area contributed by atoms with Crippen LogP contribution in [-0.2, 0) is 12.8 Å². The van der Waals surface area contributed by atoms with Gasteiger partial charge in [0.1, 0.15) is 18.5 Å². The molecule has 2 aromatic carbocycles. The molecule has 0 aliphatic carbocycles. The first-order valence-electron chi connectivity index (χ1n) is 5.94. The van der Waals surface area contributed by atoms with E-state index >= 15 is 0 Å². The molecular weight excluding hydrogens is 288 g/mol. The monoisotopic (exact) mass is 298 g/mol. The molecule has 0 aromatic heterocycles. The summed E-state index contributed by atoms with van der Waals surface area (Å²) < 4.78 is 57.4. The number of alkyl halides is 3. The van der Waals surface area contributed by atoms with E-state index in [4.69, 9.17) is 4.74 Å². The highest BCUT2D eigenvalue weighted by atomic mass is 19.4. The number of carbonyl (C=O) groups is 1. The molecule has 0 heterocycles. The molecule has 0 saturated carbocycles. The molecular formula is C15H10F4O2. The lowest BCUT2D eigenvalue weighted by Gasteiger charge is -2.15. The molecule has 0 spiro atoms. The second kappa shape index (κ2) is 5.95. The van der Waals surface area contributed by atoms with Crippen molar-refractivity contribution in [3.8, 4) is 5.75 Å². The molecule has 0 N–H and O–H groups in total. The molecule has 0 amide bonds. The van der Waals surface area contributed by atoms with Gasteiger partial charge in [0.05, 0.1) is 0 Å². The van der Waals surface area contributed by atoms with E-state index in [9.17, 15) is 22.4 Å². The van der Waals surface area contributed by atoms with Gasteiger partial charge in [0.15, 0.2) is 11.6 Å². The van der Waals surface area contributed by atoms with Crippen LogP contribution < -0.4 is 4.74 Å². The maximum Gasteiger partial charge on any atom is 0.420 e. The predicted octanol–water partition coefficient (Wildman–Crippen LogP) is 4.24. The average Bonchev–Trinajstić information content (AvgIpc) is 2.45. The van der Waals surface area contributed by atoms with Crippen molar-refractivity contribution < 1.29 is 27.1 Å². The van der Waals surface area contributed by atoms with E-state index in [1.807, 2.05) is 0 Å². The predicted molar refractivity (Wildman–Crippen MR) is 67.6 cm³/mol. The second-order valence-electron chi connectivity index (χ2n) is 4.27. The molecule has 0 saturated heterocycles. The van der Waals surface area contributed by atoms with Crippen LogP contribution >= 0.6 is 0 Å². The average molecular weight is 298 g/mol. The molecule has 0 fully saturated rings. The molecule has 6 heteroatoms.